The number of nitrogens with one attached hydrogen (secondary N) is 1. The van der Waals surface area contributed by atoms with E-state index in [-0.39, 0.29) is 34.8 Å². The first kappa shape index (κ1) is 16.4. The van der Waals surface area contributed by atoms with Crippen molar-refractivity contribution in [2.45, 2.75) is 46.1 Å². The number of carbonyl (C=O) groups excluding carboxylic acids is 1. The predicted molar refractivity (Wildman–Crippen MR) is 76.4 cm³/mol. The summed E-state index contributed by atoms with van der Waals surface area (Å²) >= 11 is 0. The van der Waals surface area contributed by atoms with Gasteiger partial charge in [0.05, 0.1) is 17.4 Å². The third-order valence-corrected chi connectivity index (χ3v) is 5.13. The van der Waals surface area contributed by atoms with E-state index in [0.29, 0.717) is 19.4 Å². The highest BCUT2D eigenvalue weighted by Crippen LogP contribution is 2.24. The van der Waals surface area contributed by atoms with E-state index in [1.807, 2.05) is 0 Å². The topological polar surface area (TPSA) is 89.3 Å². The largest absolute Gasteiger partial charge is 0.353 e. The highest BCUT2D eigenvalue weighted by Gasteiger charge is 2.28. The van der Waals surface area contributed by atoms with E-state index < -0.39 is 9.84 Å². The second kappa shape index (κ2) is 6.22. The van der Waals surface area contributed by atoms with Crippen LogP contribution in [0.2, 0.25) is 0 Å². The average molecular weight is 290 g/mol. The number of hydrogen-bond donors (Lipinski definition) is 2. The number of carbonyl (C=O) groups is 1. The normalized spacial score (nSPS) is 21.9. The van der Waals surface area contributed by atoms with Gasteiger partial charge in [-0.2, -0.15) is 0 Å². The quantitative estimate of drug-likeness (QED) is 0.797. The first-order valence-electron chi connectivity index (χ1n) is 6.84. The maximum Gasteiger partial charge on any atom is 0.224 e. The standard InChI is InChI=1S/C13H26N2O3S/c1-13(2,3)8-10(9-14)12(16)15-11-4-6-19(17,18)7-5-11/h10-11H,4-9,14H2,1-3H3,(H,15,16). The molecule has 0 aromatic carbocycles. The van der Waals surface area contributed by atoms with E-state index in [9.17, 15) is 13.2 Å². The molecule has 0 aromatic rings. The third kappa shape index (κ3) is 5.91. The second-order valence-corrected chi connectivity index (χ2v) is 8.94. The molecule has 0 radical (unpaired) electrons. The Morgan fingerprint density at radius 2 is 1.84 bits per heavy atom. The molecule has 1 unspecified atom stereocenters. The fraction of sp³-hybridized carbons (Fsp3) is 0.923. The summed E-state index contributed by atoms with van der Waals surface area (Å²) < 4.78 is 22.7. The smallest absolute Gasteiger partial charge is 0.224 e. The predicted octanol–water partition coefficient (Wildman–Crippen LogP) is 0.691. The molecular weight excluding hydrogens is 264 g/mol. The molecule has 0 saturated carbocycles. The van der Waals surface area contributed by atoms with Crippen LogP contribution in [0.4, 0.5) is 0 Å². The zero-order valence-electron chi connectivity index (χ0n) is 12.1. The summed E-state index contributed by atoms with van der Waals surface area (Å²) in [5.74, 6) is 0.106. The Balaban J connectivity index is 2.50. The van der Waals surface area contributed by atoms with Crippen molar-refractivity contribution in [1.82, 2.24) is 5.32 Å². The first-order chi connectivity index (χ1) is 8.63. The maximum atomic E-state index is 12.1. The Hall–Kier alpha value is -0.620. The highest BCUT2D eigenvalue weighted by atomic mass is 32.2. The van der Waals surface area contributed by atoms with Crippen molar-refractivity contribution in [3.05, 3.63) is 0 Å². The fourth-order valence-electron chi connectivity index (χ4n) is 2.38. The summed E-state index contributed by atoms with van der Waals surface area (Å²) in [5.41, 5.74) is 5.73. The van der Waals surface area contributed by atoms with Gasteiger partial charge in [0, 0.05) is 12.6 Å². The molecular formula is C13H26N2O3S. The molecule has 1 aliphatic rings. The van der Waals surface area contributed by atoms with Gasteiger partial charge in [-0.15, -0.1) is 0 Å². The Labute approximate surface area is 116 Å². The molecule has 1 saturated heterocycles. The van der Waals surface area contributed by atoms with Crippen molar-refractivity contribution in [3.8, 4) is 0 Å². The molecule has 0 aromatic heterocycles. The van der Waals surface area contributed by atoms with Crippen molar-refractivity contribution < 1.29 is 13.2 Å². The van der Waals surface area contributed by atoms with Gasteiger partial charge in [-0.1, -0.05) is 20.8 Å². The van der Waals surface area contributed by atoms with Crippen molar-refractivity contribution >= 4 is 15.7 Å². The Morgan fingerprint density at radius 3 is 2.26 bits per heavy atom. The zero-order chi connectivity index (χ0) is 14.7. The van der Waals surface area contributed by atoms with Crippen LogP contribution in [0.3, 0.4) is 0 Å². The molecule has 1 atom stereocenters. The summed E-state index contributed by atoms with van der Waals surface area (Å²) in [6.45, 7) is 6.57. The van der Waals surface area contributed by atoms with Crippen molar-refractivity contribution in [2.24, 2.45) is 17.1 Å². The van der Waals surface area contributed by atoms with Crippen molar-refractivity contribution in [3.63, 3.8) is 0 Å². The molecule has 0 spiro atoms. The van der Waals surface area contributed by atoms with Crippen LogP contribution in [-0.4, -0.2) is 38.4 Å². The number of nitrogens with two attached hydrogens (primary N) is 1. The lowest BCUT2D eigenvalue weighted by molar-refractivity contribution is -0.126. The van der Waals surface area contributed by atoms with Gasteiger partial charge in [-0.05, 0) is 24.7 Å². The molecule has 1 heterocycles. The summed E-state index contributed by atoms with van der Waals surface area (Å²) in [6.07, 6.45) is 1.77. The molecule has 1 fully saturated rings. The minimum atomic E-state index is -2.88. The Morgan fingerprint density at radius 1 is 1.32 bits per heavy atom. The lowest BCUT2D eigenvalue weighted by atomic mass is 9.84. The average Bonchev–Trinajstić information content (AvgIpc) is 2.27. The van der Waals surface area contributed by atoms with Crippen LogP contribution < -0.4 is 11.1 Å². The molecule has 1 aliphatic heterocycles. The van der Waals surface area contributed by atoms with Gasteiger partial charge in [0.15, 0.2) is 0 Å². The molecule has 5 nitrogen and oxygen atoms in total. The van der Waals surface area contributed by atoms with Crippen molar-refractivity contribution in [1.29, 1.82) is 0 Å². The van der Waals surface area contributed by atoms with Crippen LogP contribution in [0.15, 0.2) is 0 Å². The van der Waals surface area contributed by atoms with E-state index in [1.54, 1.807) is 0 Å². The van der Waals surface area contributed by atoms with Crippen LogP contribution in [-0.2, 0) is 14.6 Å². The van der Waals surface area contributed by atoms with Crippen LogP contribution in [0.25, 0.3) is 0 Å². The number of rotatable bonds is 4. The zero-order valence-corrected chi connectivity index (χ0v) is 12.9. The number of amides is 1. The van der Waals surface area contributed by atoms with Gasteiger partial charge in [0.2, 0.25) is 5.91 Å². The van der Waals surface area contributed by atoms with Gasteiger partial charge in [0.1, 0.15) is 9.84 Å². The molecule has 0 bridgehead atoms. The van der Waals surface area contributed by atoms with E-state index in [4.69, 9.17) is 5.73 Å². The molecule has 112 valence electrons. The molecule has 1 rings (SSSR count). The van der Waals surface area contributed by atoms with Crippen LogP contribution in [0.5, 0.6) is 0 Å². The third-order valence-electron chi connectivity index (χ3n) is 3.42. The monoisotopic (exact) mass is 290 g/mol. The summed E-state index contributed by atoms with van der Waals surface area (Å²) in [6, 6.07) is -0.0231. The highest BCUT2D eigenvalue weighted by molar-refractivity contribution is 7.91. The molecule has 6 heteroatoms. The lowest BCUT2D eigenvalue weighted by Gasteiger charge is -2.28. The lowest BCUT2D eigenvalue weighted by Crippen LogP contribution is -2.45. The van der Waals surface area contributed by atoms with Crippen LogP contribution in [0.1, 0.15) is 40.0 Å². The van der Waals surface area contributed by atoms with Crippen molar-refractivity contribution in [2.75, 3.05) is 18.1 Å². The van der Waals surface area contributed by atoms with Gasteiger partial charge >= 0.3 is 0 Å². The van der Waals surface area contributed by atoms with Gasteiger partial charge in [0.25, 0.3) is 0 Å². The van der Waals surface area contributed by atoms with Gasteiger partial charge in [-0.3, -0.25) is 4.79 Å². The fourth-order valence-corrected chi connectivity index (χ4v) is 3.87. The van der Waals surface area contributed by atoms with E-state index >= 15 is 0 Å². The first-order valence-corrected chi connectivity index (χ1v) is 8.66. The molecule has 0 aliphatic carbocycles. The molecule has 19 heavy (non-hydrogen) atoms. The molecule has 1 amide bonds. The maximum absolute atomic E-state index is 12.1. The van der Waals surface area contributed by atoms with E-state index in [2.05, 4.69) is 26.1 Å². The summed E-state index contributed by atoms with van der Waals surface area (Å²) in [5, 5.41) is 2.95. The van der Waals surface area contributed by atoms with Crippen LogP contribution >= 0.6 is 0 Å². The SMILES string of the molecule is CC(C)(C)CC(CN)C(=O)NC1CCS(=O)(=O)CC1. The van der Waals surface area contributed by atoms with E-state index in [0.717, 1.165) is 6.42 Å². The second-order valence-electron chi connectivity index (χ2n) is 6.63. The van der Waals surface area contributed by atoms with E-state index in [1.165, 1.54) is 0 Å². The van der Waals surface area contributed by atoms with Crippen LogP contribution in [0, 0.1) is 11.3 Å². The van der Waals surface area contributed by atoms with Gasteiger partial charge < -0.3 is 11.1 Å². The number of sulfone groups is 1. The van der Waals surface area contributed by atoms with Gasteiger partial charge in [-0.25, -0.2) is 8.42 Å². The Kier molecular flexibility index (Phi) is 5.38. The Bertz CT molecular complexity index is 398. The summed E-state index contributed by atoms with van der Waals surface area (Å²) in [7, 11) is -2.88. The molecule has 3 N–H and O–H groups in total. The minimum absolute atomic E-state index is 0.0231. The minimum Gasteiger partial charge on any atom is -0.353 e. The number of hydrogen-bond acceptors (Lipinski definition) is 4. The summed E-state index contributed by atoms with van der Waals surface area (Å²) in [4.78, 5) is 12.1.